The van der Waals surface area contributed by atoms with Gasteiger partial charge in [-0.15, -0.1) is 0 Å². The summed E-state index contributed by atoms with van der Waals surface area (Å²) in [4.78, 5) is 34.8. The van der Waals surface area contributed by atoms with Crippen molar-refractivity contribution in [3.63, 3.8) is 0 Å². The number of nitrogens with two attached hydrogens (primary N) is 1. The SMILES string of the molecule is C[C@H]1[C@H](OC(=O)CCC(N)=O)O[C@@H]2O[C@]3(C)CC[C@H]4[C@H](C)CC[C@@H]1[C@@]24OO3. The number of carbonyl (C=O) groups excluding carboxylic acids is 2. The number of esters is 1. The van der Waals surface area contributed by atoms with Gasteiger partial charge in [0.1, 0.15) is 0 Å². The van der Waals surface area contributed by atoms with Gasteiger partial charge < -0.3 is 19.9 Å². The van der Waals surface area contributed by atoms with Crippen LogP contribution < -0.4 is 5.73 Å². The fraction of sp³-hybridized carbons (Fsp3) is 0.895. The Morgan fingerprint density at radius 2 is 1.89 bits per heavy atom. The lowest BCUT2D eigenvalue weighted by Gasteiger charge is -2.59. The molecule has 0 aromatic rings. The molecule has 2 N–H and O–H groups in total. The highest BCUT2D eigenvalue weighted by Gasteiger charge is 2.69. The summed E-state index contributed by atoms with van der Waals surface area (Å²) < 4.78 is 17.9. The average molecular weight is 383 g/mol. The van der Waals surface area contributed by atoms with Crippen molar-refractivity contribution < 1.29 is 33.6 Å². The van der Waals surface area contributed by atoms with Gasteiger partial charge in [0.25, 0.3) is 0 Å². The predicted molar refractivity (Wildman–Crippen MR) is 91.3 cm³/mol. The molecule has 4 aliphatic heterocycles. The van der Waals surface area contributed by atoms with Gasteiger partial charge in [-0.2, -0.15) is 0 Å². The van der Waals surface area contributed by atoms with E-state index < -0.39 is 35.8 Å². The van der Waals surface area contributed by atoms with Crippen molar-refractivity contribution >= 4 is 11.9 Å². The molecule has 5 fully saturated rings. The Kier molecular flexibility index (Phi) is 4.73. The molecule has 0 aromatic carbocycles. The largest absolute Gasteiger partial charge is 0.435 e. The zero-order chi connectivity index (χ0) is 19.4. The molecule has 1 saturated carbocycles. The first-order chi connectivity index (χ1) is 12.7. The van der Waals surface area contributed by atoms with Gasteiger partial charge in [0.15, 0.2) is 11.9 Å². The predicted octanol–water partition coefficient (Wildman–Crippen LogP) is 2.00. The van der Waals surface area contributed by atoms with Gasteiger partial charge in [-0.25, -0.2) is 9.78 Å². The Morgan fingerprint density at radius 1 is 1.11 bits per heavy atom. The number of carbonyl (C=O) groups is 2. The molecule has 1 aliphatic carbocycles. The molecule has 0 unspecified atom stereocenters. The minimum atomic E-state index is -0.862. The molecule has 8 heteroatoms. The van der Waals surface area contributed by atoms with Crippen molar-refractivity contribution in [2.75, 3.05) is 0 Å². The molecular formula is C19H29NO7. The molecule has 8 atom stereocenters. The van der Waals surface area contributed by atoms with Crippen LogP contribution in [0.4, 0.5) is 0 Å². The second kappa shape index (κ2) is 6.69. The van der Waals surface area contributed by atoms with Crippen LogP contribution in [0.2, 0.25) is 0 Å². The fourth-order valence-corrected chi connectivity index (χ4v) is 5.42. The second-order valence-electron chi connectivity index (χ2n) is 8.73. The van der Waals surface area contributed by atoms with Crippen LogP contribution in [0.5, 0.6) is 0 Å². The lowest BCUT2D eigenvalue weighted by Crippen LogP contribution is -2.70. The van der Waals surface area contributed by atoms with Crippen molar-refractivity contribution in [2.45, 2.75) is 83.3 Å². The van der Waals surface area contributed by atoms with Crippen LogP contribution in [0.3, 0.4) is 0 Å². The minimum Gasteiger partial charge on any atom is -0.435 e. The maximum Gasteiger partial charge on any atom is 0.308 e. The molecule has 0 aromatic heterocycles. The van der Waals surface area contributed by atoms with Gasteiger partial charge in [0.05, 0.1) is 6.42 Å². The van der Waals surface area contributed by atoms with Gasteiger partial charge >= 0.3 is 5.97 Å². The molecular weight excluding hydrogens is 354 g/mol. The molecule has 2 bridgehead atoms. The normalized spacial score (nSPS) is 48.4. The number of fused-ring (bicyclic) bond motifs is 2. The summed E-state index contributed by atoms with van der Waals surface area (Å²) in [5, 5.41) is 0. The van der Waals surface area contributed by atoms with Gasteiger partial charge in [-0.3, -0.25) is 9.59 Å². The van der Waals surface area contributed by atoms with Crippen LogP contribution >= 0.6 is 0 Å². The van der Waals surface area contributed by atoms with Crippen LogP contribution in [0.25, 0.3) is 0 Å². The van der Waals surface area contributed by atoms with E-state index >= 15 is 0 Å². The van der Waals surface area contributed by atoms with E-state index in [1.54, 1.807) is 0 Å². The zero-order valence-corrected chi connectivity index (χ0v) is 16.1. The van der Waals surface area contributed by atoms with Gasteiger partial charge in [-0.05, 0) is 38.0 Å². The van der Waals surface area contributed by atoms with E-state index in [0.29, 0.717) is 5.92 Å². The molecule has 5 rings (SSSR count). The van der Waals surface area contributed by atoms with Gasteiger partial charge in [0.2, 0.25) is 18.0 Å². The van der Waals surface area contributed by atoms with E-state index in [0.717, 1.165) is 25.7 Å². The summed E-state index contributed by atoms with van der Waals surface area (Å²) in [6, 6.07) is 0. The Hall–Kier alpha value is -1.22. The quantitative estimate of drug-likeness (QED) is 0.584. The van der Waals surface area contributed by atoms with E-state index in [1.807, 2.05) is 13.8 Å². The maximum atomic E-state index is 12.1. The van der Waals surface area contributed by atoms with E-state index in [2.05, 4.69) is 6.92 Å². The molecule has 4 heterocycles. The average Bonchev–Trinajstić information content (AvgIpc) is 2.84. The zero-order valence-electron chi connectivity index (χ0n) is 16.1. The Morgan fingerprint density at radius 3 is 2.63 bits per heavy atom. The third-order valence-corrected chi connectivity index (χ3v) is 6.92. The maximum absolute atomic E-state index is 12.1. The summed E-state index contributed by atoms with van der Waals surface area (Å²) in [5.74, 6) is -1.14. The lowest BCUT2D eigenvalue weighted by molar-refractivity contribution is -0.576. The highest BCUT2D eigenvalue weighted by molar-refractivity contribution is 5.79. The van der Waals surface area contributed by atoms with Crippen LogP contribution in [-0.4, -0.2) is 35.8 Å². The van der Waals surface area contributed by atoms with E-state index in [9.17, 15) is 9.59 Å². The van der Waals surface area contributed by atoms with Crippen LogP contribution in [0, 0.1) is 23.7 Å². The first kappa shape index (κ1) is 19.1. The Bertz CT molecular complexity index is 627. The summed E-state index contributed by atoms with van der Waals surface area (Å²) in [5.41, 5.74) is 4.43. The molecule has 0 radical (unpaired) electrons. The van der Waals surface area contributed by atoms with E-state index in [1.165, 1.54) is 0 Å². The molecule has 4 saturated heterocycles. The lowest BCUT2D eigenvalue weighted by atomic mass is 9.58. The number of primary amides is 1. The topological polar surface area (TPSA) is 106 Å². The summed E-state index contributed by atoms with van der Waals surface area (Å²) in [6.07, 6.45) is 2.20. The number of hydrogen-bond donors (Lipinski definition) is 1. The van der Waals surface area contributed by atoms with Gasteiger partial charge in [-0.1, -0.05) is 13.8 Å². The second-order valence-corrected chi connectivity index (χ2v) is 8.73. The Balaban J connectivity index is 1.58. The van der Waals surface area contributed by atoms with Gasteiger partial charge in [0, 0.05) is 24.7 Å². The molecule has 27 heavy (non-hydrogen) atoms. The van der Waals surface area contributed by atoms with Crippen molar-refractivity contribution in [1.29, 1.82) is 0 Å². The van der Waals surface area contributed by atoms with Crippen molar-refractivity contribution in [3.8, 4) is 0 Å². The third kappa shape index (κ3) is 3.06. The van der Waals surface area contributed by atoms with Crippen LogP contribution in [-0.2, 0) is 33.6 Å². The third-order valence-electron chi connectivity index (χ3n) is 6.92. The van der Waals surface area contributed by atoms with E-state index in [4.69, 9.17) is 29.7 Å². The standard InChI is InChI=1S/C19H29NO7/c1-10-4-5-13-11(2)16(23-15(22)7-6-14(20)21)24-17-19(13)12(10)8-9-18(3,25-17)26-27-19/h10-13,16-17H,4-9H2,1-3H3,(H2,20,21)/t10-,11-,12+,13+,16-,17-,18+,19-/m1/s1. The number of hydrogen-bond acceptors (Lipinski definition) is 7. The summed E-state index contributed by atoms with van der Waals surface area (Å²) >= 11 is 0. The van der Waals surface area contributed by atoms with Crippen molar-refractivity contribution in [2.24, 2.45) is 29.4 Å². The number of ether oxygens (including phenoxy) is 3. The number of rotatable bonds is 4. The highest BCUT2D eigenvalue weighted by atomic mass is 17.3. The Labute approximate surface area is 158 Å². The minimum absolute atomic E-state index is 0.0398. The number of amides is 1. The molecule has 8 nitrogen and oxygen atoms in total. The first-order valence-corrected chi connectivity index (χ1v) is 9.93. The highest BCUT2D eigenvalue weighted by Crippen LogP contribution is 2.60. The first-order valence-electron chi connectivity index (χ1n) is 9.93. The van der Waals surface area contributed by atoms with Crippen LogP contribution in [0.15, 0.2) is 0 Å². The smallest absolute Gasteiger partial charge is 0.308 e. The van der Waals surface area contributed by atoms with E-state index in [-0.39, 0.29) is 30.6 Å². The fourth-order valence-electron chi connectivity index (χ4n) is 5.42. The van der Waals surface area contributed by atoms with Crippen LogP contribution in [0.1, 0.15) is 59.3 Å². The van der Waals surface area contributed by atoms with Crippen molar-refractivity contribution in [3.05, 3.63) is 0 Å². The monoisotopic (exact) mass is 383 g/mol. The molecule has 1 spiro atoms. The summed E-state index contributed by atoms with van der Waals surface area (Å²) in [7, 11) is 0. The molecule has 1 amide bonds. The molecule has 152 valence electrons. The summed E-state index contributed by atoms with van der Waals surface area (Å²) in [6.45, 7) is 6.11. The molecule has 5 aliphatic rings. The van der Waals surface area contributed by atoms with Crippen molar-refractivity contribution in [1.82, 2.24) is 0 Å².